The van der Waals surface area contributed by atoms with Gasteiger partial charge in [0.05, 0.1) is 23.7 Å². The van der Waals surface area contributed by atoms with Crippen LogP contribution in [0.4, 0.5) is 0 Å². The van der Waals surface area contributed by atoms with Crippen molar-refractivity contribution < 1.29 is 8.95 Å². The lowest BCUT2D eigenvalue weighted by Gasteiger charge is -2.23. The summed E-state index contributed by atoms with van der Waals surface area (Å²) in [7, 11) is -0.815. The first-order valence-electron chi connectivity index (χ1n) is 4.44. The van der Waals surface area contributed by atoms with Gasteiger partial charge in [-0.2, -0.15) is 0 Å². The van der Waals surface area contributed by atoms with Crippen molar-refractivity contribution in [2.24, 2.45) is 0 Å². The van der Waals surface area contributed by atoms with Gasteiger partial charge in [0.1, 0.15) is 0 Å². The minimum Gasteiger partial charge on any atom is -0.377 e. The van der Waals surface area contributed by atoms with E-state index in [0.29, 0.717) is 12.6 Å². The maximum atomic E-state index is 11.1. The molecule has 1 fully saturated rings. The fraction of sp³-hybridized carbons (Fsp3) is 1.00. The molecular weight excluding hydrogens is 174 g/mol. The van der Waals surface area contributed by atoms with Gasteiger partial charge in [-0.1, -0.05) is 0 Å². The van der Waals surface area contributed by atoms with Crippen LogP contribution in [0.5, 0.6) is 0 Å². The van der Waals surface area contributed by atoms with E-state index in [-0.39, 0.29) is 6.10 Å². The van der Waals surface area contributed by atoms with E-state index >= 15 is 0 Å². The van der Waals surface area contributed by atoms with Gasteiger partial charge in [-0.05, 0) is 26.7 Å². The molecule has 1 aliphatic heterocycles. The Labute approximate surface area is 76.5 Å². The highest BCUT2D eigenvalue weighted by molar-refractivity contribution is 7.83. The predicted octanol–water partition coefficient (Wildman–Crippen LogP) is 0.827. The zero-order valence-electron chi connectivity index (χ0n) is 7.71. The Hall–Kier alpha value is 0.0700. The molecule has 2 atom stereocenters. The third-order valence-corrected chi connectivity index (χ3v) is 3.07. The lowest BCUT2D eigenvalue weighted by molar-refractivity contribution is 0.0633. The van der Waals surface area contributed by atoms with Crippen LogP contribution < -0.4 is 4.72 Å². The lowest BCUT2D eigenvalue weighted by Crippen LogP contribution is -2.40. The van der Waals surface area contributed by atoms with E-state index in [0.717, 1.165) is 18.6 Å². The maximum absolute atomic E-state index is 11.1. The third kappa shape index (κ3) is 3.65. The normalized spacial score (nSPS) is 30.9. The van der Waals surface area contributed by atoms with E-state index in [2.05, 4.69) is 4.72 Å². The molecule has 72 valence electrons. The zero-order chi connectivity index (χ0) is 8.97. The molecule has 0 amide bonds. The highest BCUT2D eigenvalue weighted by Gasteiger charge is 2.17. The van der Waals surface area contributed by atoms with E-state index in [1.165, 1.54) is 0 Å². The molecule has 4 heteroatoms. The van der Waals surface area contributed by atoms with Gasteiger partial charge in [0, 0.05) is 11.8 Å². The third-order valence-electron chi connectivity index (χ3n) is 1.81. The van der Waals surface area contributed by atoms with Crippen LogP contribution in [0.25, 0.3) is 0 Å². The summed E-state index contributed by atoms with van der Waals surface area (Å²) >= 11 is 0. The van der Waals surface area contributed by atoms with Crippen LogP contribution in [0.2, 0.25) is 0 Å². The van der Waals surface area contributed by atoms with Gasteiger partial charge >= 0.3 is 0 Å². The number of nitrogens with one attached hydrogen (secondary N) is 1. The summed E-state index contributed by atoms with van der Waals surface area (Å²) in [5.41, 5.74) is 0. The minimum atomic E-state index is -0.815. The summed E-state index contributed by atoms with van der Waals surface area (Å²) in [5.74, 6) is 0.790. The average Bonchev–Trinajstić information content (AvgIpc) is 2.01. The molecule has 1 saturated heterocycles. The molecule has 0 aromatic carbocycles. The second kappa shape index (κ2) is 4.94. The smallest absolute Gasteiger partial charge is 0.0918 e. The highest BCUT2D eigenvalue weighted by atomic mass is 32.2. The highest BCUT2D eigenvalue weighted by Crippen LogP contribution is 2.07. The van der Waals surface area contributed by atoms with E-state index in [9.17, 15) is 4.21 Å². The van der Waals surface area contributed by atoms with Crippen molar-refractivity contribution in [2.75, 3.05) is 12.4 Å². The van der Waals surface area contributed by atoms with Crippen LogP contribution in [-0.2, 0) is 15.7 Å². The molecule has 0 saturated carbocycles. The largest absolute Gasteiger partial charge is 0.377 e. The molecule has 1 aliphatic rings. The number of hydrogen-bond donors (Lipinski definition) is 1. The Kier molecular flexibility index (Phi) is 4.18. The van der Waals surface area contributed by atoms with Gasteiger partial charge < -0.3 is 4.74 Å². The molecule has 2 unspecified atom stereocenters. The molecule has 0 spiro atoms. The van der Waals surface area contributed by atoms with Crippen LogP contribution in [-0.4, -0.2) is 28.7 Å². The van der Waals surface area contributed by atoms with Gasteiger partial charge in [-0.15, -0.1) is 0 Å². The number of hydrogen-bond acceptors (Lipinski definition) is 2. The van der Waals surface area contributed by atoms with E-state index in [1.54, 1.807) is 0 Å². The van der Waals surface area contributed by atoms with Crippen molar-refractivity contribution in [3.8, 4) is 0 Å². The summed E-state index contributed by atoms with van der Waals surface area (Å²) in [6, 6.07) is 0.294. The molecule has 1 heterocycles. The molecule has 0 radical (unpaired) electrons. The van der Waals surface area contributed by atoms with Crippen molar-refractivity contribution in [3.05, 3.63) is 0 Å². The van der Waals surface area contributed by atoms with Crippen molar-refractivity contribution in [3.63, 3.8) is 0 Å². The summed E-state index contributed by atoms with van der Waals surface area (Å²) in [6.45, 7) is 4.71. The van der Waals surface area contributed by atoms with Crippen molar-refractivity contribution in [2.45, 2.75) is 38.8 Å². The van der Waals surface area contributed by atoms with Crippen LogP contribution in [0.15, 0.2) is 0 Å². The topological polar surface area (TPSA) is 38.3 Å². The molecule has 3 nitrogen and oxygen atoms in total. The summed E-state index contributed by atoms with van der Waals surface area (Å²) < 4.78 is 19.5. The lowest BCUT2D eigenvalue weighted by atomic mass is 10.2. The van der Waals surface area contributed by atoms with Crippen LogP contribution in [0.1, 0.15) is 26.7 Å². The first-order chi connectivity index (χ1) is 5.68. The zero-order valence-corrected chi connectivity index (χ0v) is 8.52. The van der Waals surface area contributed by atoms with E-state index < -0.39 is 11.0 Å². The van der Waals surface area contributed by atoms with Crippen LogP contribution in [0.3, 0.4) is 0 Å². The molecule has 1 N–H and O–H groups in total. The quantitative estimate of drug-likeness (QED) is 0.717. The average molecular weight is 191 g/mol. The Morgan fingerprint density at radius 1 is 1.67 bits per heavy atom. The Morgan fingerprint density at radius 2 is 2.42 bits per heavy atom. The molecule has 0 aliphatic carbocycles. The van der Waals surface area contributed by atoms with E-state index in [4.69, 9.17) is 4.74 Å². The monoisotopic (exact) mass is 191 g/mol. The van der Waals surface area contributed by atoms with Gasteiger partial charge in [0.25, 0.3) is 0 Å². The van der Waals surface area contributed by atoms with Gasteiger partial charge in [-0.3, -0.25) is 0 Å². The summed E-state index contributed by atoms with van der Waals surface area (Å²) in [6.07, 6.45) is 2.40. The Balaban J connectivity index is 2.18. The second-order valence-electron chi connectivity index (χ2n) is 3.39. The van der Waals surface area contributed by atoms with Crippen molar-refractivity contribution >= 4 is 11.0 Å². The first-order valence-corrected chi connectivity index (χ1v) is 5.76. The standard InChI is InChI=1S/C8H17NO2S/c1-7(2)11-6-8-4-3-5-12(10)9-8/h7-9H,3-6H2,1-2H3. The summed E-state index contributed by atoms with van der Waals surface area (Å²) in [5, 5.41) is 0. The molecule has 0 aromatic heterocycles. The Bertz CT molecular complexity index is 161. The molecule has 1 rings (SSSR count). The van der Waals surface area contributed by atoms with Crippen molar-refractivity contribution in [1.29, 1.82) is 0 Å². The Morgan fingerprint density at radius 3 is 3.00 bits per heavy atom. The predicted molar refractivity (Wildman–Crippen MR) is 50.3 cm³/mol. The van der Waals surface area contributed by atoms with Crippen LogP contribution in [0, 0.1) is 0 Å². The first kappa shape index (κ1) is 10.2. The fourth-order valence-electron chi connectivity index (χ4n) is 1.19. The van der Waals surface area contributed by atoms with Gasteiger partial charge in [0.15, 0.2) is 0 Å². The van der Waals surface area contributed by atoms with Gasteiger partial charge in [-0.25, -0.2) is 8.93 Å². The van der Waals surface area contributed by atoms with Crippen LogP contribution >= 0.6 is 0 Å². The maximum Gasteiger partial charge on any atom is 0.0918 e. The minimum absolute atomic E-state index is 0.266. The number of ether oxygens (including phenoxy) is 1. The number of rotatable bonds is 3. The fourth-order valence-corrected chi connectivity index (χ4v) is 2.29. The van der Waals surface area contributed by atoms with Crippen molar-refractivity contribution in [1.82, 2.24) is 4.72 Å². The SMILES string of the molecule is CC(C)OCC1CCCS(=O)N1. The molecule has 0 bridgehead atoms. The molecule has 0 aromatic rings. The van der Waals surface area contributed by atoms with Gasteiger partial charge in [0.2, 0.25) is 0 Å². The van der Waals surface area contributed by atoms with E-state index in [1.807, 2.05) is 13.8 Å². The molecule has 12 heavy (non-hydrogen) atoms. The summed E-state index contributed by atoms with van der Waals surface area (Å²) in [4.78, 5) is 0. The molecular formula is C8H17NO2S. The second-order valence-corrected chi connectivity index (χ2v) is 4.72.